The highest BCUT2D eigenvalue weighted by Gasteiger charge is 2.29. The topological polar surface area (TPSA) is 49.3 Å². The van der Waals surface area contributed by atoms with E-state index >= 15 is 0 Å². The standard InChI is InChI=1S/C8H15NO2/c1-9-7-5-3-2-4-6(7)8(10)11/h6-7,9H,2-5H2,1H3,(H,10,11). The Morgan fingerprint density at radius 3 is 2.55 bits per heavy atom. The van der Waals surface area contributed by atoms with E-state index in [1.807, 2.05) is 7.05 Å². The normalized spacial score (nSPS) is 31.7. The third kappa shape index (κ3) is 1.93. The van der Waals surface area contributed by atoms with Crippen LogP contribution in [0.25, 0.3) is 0 Å². The fourth-order valence-electron chi connectivity index (χ4n) is 1.77. The van der Waals surface area contributed by atoms with E-state index in [0.29, 0.717) is 0 Å². The molecule has 0 amide bonds. The van der Waals surface area contributed by atoms with Gasteiger partial charge in [-0.1, -0.05) is 12.8 Å². The van der Waals surface area contributed by atoms with Gasteiger partial charge in [-0.25, -0.2) is 0 Å². The van der Waals surface area contributed by atoms with E-state index in [2.05, 4.69) is 5.32 Å². The van der Waals surface area contributed by atoms with Crippen LogP contribution < -0.4 is 5.32 Å². The molecule has 1 saturated carbocycles. The highest BCUT2D eigenvalue weighted by molar-refractivity contribution is 5.71. The van der Waals surface area contributed by atoms with Gasteiger partial charge in [-0.3, -0.25) is 4.79 Å². The quantitative estimate of drug-likeness (QED) is 0.624. The molecule has 11 heavy (non-hydrogen) atoms. The van der Waals surface area contributed by atoms with Crippen molar-refractivity contribution < 1.29 is 9.90 Å². The van der Waals surface area contributed by atoms with Gasteiger partial charge < -0.3 is 10.4 Å². The van der Waals surface area contributed by atoms with Gasteiger partial charge in [0, 0.05) is 6.04 Å². The van der Waals surface area contributed by atoms with Crippen molar-refractivity contribution in [2.75, 3.05) is 7.05 Å². The fraction of sp³-hybridized carbons (Fsp3) is 0.875. The SMILES string of the molecule is CNC1CCCCC1C(=O)O. The largest absolute Gasteiger partial charge is 0.481 e. The van der Waals surface area contributed by atoms with Gasteiger partial charge in [0.1, 0.15) is 0 Å². The zero-order valence-corrected chi connectivity index (χ0v) is 6.84. The van der Waals surface area contributed by atoms with Gasteiger partial charge in [-0.15, -0.1) is 0 Å². The molecular weight excluding hydrogens is 142 g/mol. The second-order valence-corrected chi connectivity index (χ2v) is 3.12. The lowest BCUT2D eigenvalue weighted by atomic mass is 9.85. The van der Waals surface area contributed by atoms with Crippen molar-refractivity contribution in [3.05, 3.63) is 0 Å². The predicted octanol–water partition coefficient (Wildman–Crippen LogP) is 0.849. The average molecular weight is 157 g/mol. The van der Waals surface area contributed by atoms with E-state index in [4.69, 9.17) is 5.11 Å². The molecule has 0 aromatic rings. The zero-order valence-electron chi connectivity index (χ0n) is 6.84. The Morgan fingerprint density at radius 1 is 1.45 bits per heavy atom. The first-order chi connectivity index (χ1) is 5.25. The maximum Gasteiger partial charge on any atom is 0.308 e. The molecule has 0 bridgehead atoms. The summed E-state index contributed by atoms with van der Waals surface area (Å²) in [6.45, 7) is 0. The second kappa shape index (κ2) is 3.72. The van der Waals surface area contributed by atoms with Crippen molar-refractivity contribution in [3.8, 4) is 0 Å². The van der Waals surface area contributed by atoms with Crippen LogP contribution in [0.4, 0.5) is 0 Å². The highest BCUT2D eigenvalue weighted by Crippen LogP contribution is 2.23. The monoisotopic (exact) mass is 157 g/mol. The molecule has 0 spiro atoms. The van der Waals surface area contributed by atoms with Crippen LogP contribution >= 0.6 is 0 Å². The first-order valence-electron chi connectivity index (χ1n) is 4.15. The Balaban J connectivity index is 2.51. The minimum atomic E-state index is -0.649. The lowest BCUT2D eigenvalue weighted by Crippen LogP contribution is -2.40. The van der Waals surface area contributed by atoms with Gasteiger partial charge in [0.25, 0.3) is 0 Å². The molecule has 2 unspecified atom stereocenters. The molecule has 1 aliphatic rings. The predicted molar refractivity (Wildman–Crippen MR) is 42.4 cm³/mol. The summed E-state index contributed by atoms with van der Waals surface area (Å²) < 4.78 is 0. The summed E-state index contributed by atoms with van der Waals surface area (Å²) in [5.41, 5.74) is 0. The Labute approximate surface area is 66.8 Å². The third-order valence-electron chi connectivity index (χ3n) is 2.45. The summed E-state index contributed by atoms with van der Waals surface area (Å²) in [5.74, 6) is -0.808. The second-order valence-electron chi connectivity index (χ2n) is 3.12. The summed E-state index contributed by atoms with van der Waals surface area (Å²) in [6, 6.07) is 0.196. The Kier molecular flexibility index (Phi) is 2.88. The van der Waals surface area contributed by atoms with E-state index in [-0.39, 0.29) is 12.0 Å². The third-order valence-corrected chi connectivity index (χ3v) is 2.45. The number of carboxylic acid groups (broad SMARTS) is 1. The minimum absolute atomic E-state index is 0.159. The van der Waals surface area contributed by atoms with Crippen molar-refractivity contribution in [1.82, 2.24) is 5.32 Å². The van der Waals surface area contributed by atoms with E-state index in [9.17, 15) is 4.79 Å². The fourth-order valence-corrected chi connectivity index (χ4v) is 1.77. The van der Waals surface area contributed by atoms with Crippen molar-refractivity contribution in [1.29, 1.82) is 0 Å². The summed E-state index contributed by atoms with van der Waals surface area (Å²) in [6.07, 6.45) is 4.07. The highest BCUT2D eigenvalue weighted by atomic mass is 16.4. The first kappa shape index (κ1) is 8.53. The molecule has 0 aromatic carbocycles. The molecule has 1 fully saturated rings. The molecule has 3 heteroatoms. The summed E-state index contributed by atoms with van der Waals surface area (Å²) in [7, 11) is 1.84. The molecule has 2 atom stereocenters. The number of carbonyl (C=O) groups is 1. The Hall–Kier alpha value is -0.570. The summed E-state index contributed by atoms with van der Waals surface area (Å²) in [4.78, 5) is 10.7. The van der Waals surface area contributed by atoms with Crippen LogP contribution in [0, 0.1) is 5.92 Å². The van der Waals surface area contributed by atoms with Crippen LogP contribution in [0.1, 0.15) is 25.7 Å². The number of aliphatic carboxylic acids is 1. The molecule has 64 valence electrons. The van der Waals surface area contributed by atoms with Crippen molar-refractivity contribution in [2.45, 2.75) is 31.7 Å². The zero-order chi connectivity index (χ0) is 8.27. The molecule has 0 heterocycles. The molecular formula is C8H15NO2. The van der Waals surface area contributed by atoms with Gasteiger partial charge >= 0.3 is 5.97 Å². The van der Waals surface area contributed by atoms with Gasteiger partial charge in [-0.2, -0.15) is 0 Å². The van der Waals surface area contributed by atoms with Crippen molar-refractivity contribution in [2.24, 2.45) is 5.92 Å². The summed E-state index contributed by atoms with van der Waals surface area (Å²) in [5, 5.41) is 11.9. The van der Waals surface area contributed by atoms with Crippen molar-refractivity contribution in [3.63, 3.8) is 0 Å². The first-order valence-corrected chi connectivity index (χ1v) is 4.15. The van der Waals surface area contributed by atoms with Crippen molar-refractivity contribution >= 4 is 5.97 Å². The lowest BCUT2D eigenvalue weighted by molar-refractivity contribution is -0.143. The van der Waals surface area contributed by atoms with Crippen LogP contribution in [-0.2, 0) is 4.79 Å². The Morgan fingerprint density at radius 2 is 2.09 bits per heavy atom. The number of rotatable bonds is 2. The van der Waals surface area contributed by atoms with E-state index < -0.39 is 5.97 Å². The summed E-state index contributed by atoms with van der Waals surface area (Å²) >= 11 is 0. The molecule has 0 saturated heterocycles. The van der Waals surface area contributed by atoms with E-state index in [0.717, 1.165) is 25.7 Å². The number of carboxylic acids is 1. The molecule has 3 nitrogen and oxygen atoms in total. The average Bonchev–Trinajstić information content (AvgIpc) is 2.04. The number of nitrogens with one attached hydrogen (secondary N) is 1. The molecule has 2 N–H and O–H groups in total. The molecule has 1 aliphatic carbocycles. The van der Waals surface area contributed by atoms with Crippen LogP contribution in [0.2, 0.25) is 0 Å². The minimum Gasteiger partial charge on any atom is -0.481 e. The van der Waals surface area contributed by atoms with Crippen LogP contribution in [0.3, 0.4) is 0 Å². The maximum atomic E-state index is 10.7. The Bertz CT molecular complexity index is 147. The molecule has 0 radical (unpaired) electrons. The lowest BCUT2D eigenvalue weighted by Gasteiger charge is -2.27. The smallest absolute Gasteiger partial charge is 0.308 e. The van der Waals surface area contributed by atoms with Crippen LogP contribution in [0.15, 0.2) is 0 Å². The van der Waals surface area contributed by atoms with Gasteiger partial charge in [0.15, 0.2) is 0 Å². The van der Waals surface area contributed by atoms with Gasteiger partial charge in [0.2, 0.25) is 0 Å². The molecule has 0 aliphatic heterocycles. The van der Waals surface area contributed by atoms with Crippen LogP contribution in [-0.4, -0.2) is 24.2 Å². The molecule has 1 rings (SSSR count). The van der Waals surface area contributed by atoms with Gasteiger partial charge in [-0.05, 0) is 19.9 Å². The molecule has 0 aromatic heterocycles. The van der Waals surface area contributed by atoms with E-state index in [1.165, 1.54) is 0 Å². The number of hydrogen-bond donors (Lipinski definition) is 2. The van der Waals surface area contributed by atoms with E-state index in [1.54, 1.807) is 0 Å². The van der Waals surface area contributed by atoms with Crippen LogP contribution in [0.5, 0.6) is 0 Å². The van der Waals surface area contributed by atoms with Gasteiger partial charge in [0.05, 0.1) is 5.92 Å². The maximum absolute atomic E-state index is 10.7. The number of hydrogen-bond acceptors (Lipinski definition) is 2.